The number of esters is 2. The molecule has 4 nitrogen and oxygen atoms in total. The predicted molar refractivity (Wildman–Crippen MR) is 186 cm³/mol. The zero-order valence-electron chi connectivity index (χ0n) is 29.4. The maximum absolute atomic E-state index is 11.9. The minimum absolute atomic E-state index is 0.0457. The summed E-state index contributed by atoms with van der Waals surface area (Å²) in [6, 6.07) is 0. The van der Waals surface area contributed by atoms with Gasteiger partial charge >= 0.3 is 11.9 Å². The van der Waals surface area contributed by atoms with Crippen LogP contribution in [0.3, 0.4) is 0 Å². The molecule has 0 aromatic carbocycles. The molecular weight excluding hydrogens is 532 g/mol. The molecule has 0 unspecified atom stereocenters. The number of unbranched alkanes of at least 4 members (excludes halogenated alkanes) is 28. The highest BCUT2D eigenvalue weighted by molar-refractivity contribution is 5.69. The van der Waals surface area contributed by atoms with E-state index < -0.39 is 0 Å². The summed E-state index contributed by atoms with van der Waals surface area (Å²) < 4.78 is 10.8. The monoisotopic (exact) mass is 609 g/mol. The van der Waals surface area contributed by atoms with Crippen LogP contribution in [0.5, 0.6) is 0 Å². The van der Waals surface area contributed by atoms with Crippen molar-refractivity contribution < 1.29 is 19.1 Å². The Balaban J connectivity index is 3.25. The number of carbonyl (C=O) groups is 2. The third-order valence-electron chi connectivity index (χ3n) is 8.78. The molecule has 43 heavy (non-hydrogen) atoms. The van der Waals surface area contributed by atoms with Crippen LogP contribution in [-0.4, -0.2) is 25.2 Å². The molecule has 0 heterocycles. The lowest BCUT2D eigenvalue weighted by Gasteiger charge is -2.06. The van der Waals surface area contributed by atoms with Gasteiger partial charge in [0.15, 0.2) is 0 Å². The fourth-order valence-electron chi connectivity index (χ4n) is 5.83. The van der Waals surface area contributed by atoms with Gasteiger partial charge in [0.1, 0.15) is 0 Å². The van der Waals surface area contributed by atoms with Gasteiger partial charge < -0.3 is 9.47 Å². The molecule has 0 aliphatic heterocycles. The van der Waals surface area contributed by atoms with E-state index in [-0.39, 0.29) is 11.9 Å². The van der Waals surface area contributed by atoms with Crippen LogP contribution < -0.4 is 0 Å². The molecule has 0 saturated carbocycles. The van der Waals surface area contributed by atoms with E-state index in [1.54, 1.807) is 0 Å². The summed E-state index contributed by atoms with van der Waals surface area (Å²) in [4.78, 5) is 23.9. The number of ether oxygens (including phenoxy) is 2. The molecular formula is C39H76O4. The number of carbonyl (C=O) groups excluding carboxylic acids is 2. The Labute approximate surface area is 269 Å². The lowest BCUT2D eigenvalue weighted by Crippen LogP contribution is -2.06. The summed E-state index contributed by atoms with van der Waals surface area (Å²) in [6.07, 6.45) is 40.5. The third-order valence-corrected chi connectivity index (χ3v) is 8.78. The first-order valence-corrected chi connectivity index (χ1v) is 19.5. The van der Waals surface area contributed by atoms with Gasteiger partial charge in [-0.15, -0.1) is 0 Å². The molecule has 0 amide bonds. The molecule has 0 bridgehead atoms. The van der Waals surface area contributed by atoms with Gasteiger partial charge in [0.2, 0.25) is 0 Å². The Bertz CT molecular complexity index is 513. The van der Waals surface area contributed by atoms with E-state index in [2.05, 4.69) is 13.8 Å². The second-order valence-corrected chi connectivity index (χ2v) is 13.2. The van der Waals surface area contributed by atoms with Crippen LogP contribution in [0.1, 0.15) is 226 Å². The Morgan fingerprint density at radius 3 is 0.767 bits per heavy atom. The largest absolute Gasteiger partial charge is 0.466 e. The highest BCUT2D eigenvalue weighted by atomic mass is 16.5. The van der Waals surface area contributed by atoms with Crippen molar-refractivity contribution in [3.05, 3.63) is 0 Å². The van der Waals surface area contributed by atoms with Crippen LogP contribution in [0.2, 0.25) is 0 Å². The van der Waals surface area contributed by atoms with Gasteiger partial charge in [-0.1, -0.05) is 187 Å². The van der Waals surface area contributed by atoms with Crippen molar-refractivity contribution in [1.82, 2.24) is 0 Å². The lowest BCUT2D eigenvalue weighted by molar-refractivity contribution is -0.144. The molecule has 0 aliphatic rings. The highest BCUT2D eigenvalue weighted by Crippen LogP contribution is 2.14. The highest BCUT2D eigenvalue weighted by Gasteiger charge is 2.05. The van der Waals surface area contributed by atoms with Crippen LogP contribution in [-0.2, 0) is 19.1 Å². The summed E-state index contributed by atoms with van der Waals surface area (Å²) in [7, 11) is 0. The van der Waals surface area contributed by atoms with E-state index in [9.17, 15) is 9.59 Å². The number of hydrogen-bond donors (Lipinski definition) is 0. The van der Waals surface area contributed by atoms with Gasteiger partial charge in [0.25, 0.3) is 0 Å². The van der Waals surface area contributed by atoms with Crippen LogP contribution in [0, 0.1) is 0 Å². The molecule has 256 valence electrons. The van der Waals surface area contributed by atoms with E-state index in [1.807, 2.05) is 0 Å². The molecule has 0 atom stereocenters. The average molecular weight is 609 g/mol. The molecule has 0 fully saturated rings. The van der Waals surface area contributed by atoms with Crippen molar-refractivity contribution in [1.29, 1.82) is 0 Å². The first kappa shape index (κ1) is 41.9. The first-order chi connectivity index (χ1) is 21.2. The van der Waals surface area contributed by atoms with Crippen LogP contribution in [0.4, 0.5) is 0 Å². The molecule has 0 rings (SSSR count). The quantitative estimate of drug-likeness (QED) is 0.0524. The lowest BCUT2D eigenvalue weighted by atomic mass is 10.0. The predicted octanol–water partition coefficient (Wildman–Crippen LogP) is 13.0. The summed E-state index contributed by atoms with van der Waals surface area (Å²) in [6.45, 7) is 5.71. The maximum Gasteiger partial charge on any atom is 0.305 e. The molecule has 0 aliphatic carbocycles. The second-order valence-electron chi connectivity index (χ2n) is 13.2. The molecule has 4 heteroatoms. The molecule has 0 spiro atoms. The summed E-state index contributed by atoms with van der Waals surface area (Å²) in [5.41, 5.74) is 0. The fraction of sp³-hybridized carbons (Fsp3) is 0.949. The van der Waals surface area contributed by atoms with E-state index in [1.165, 1.54) is 154 Å². The van der Waals surface area contributed by atoms with Crippen molar-refractivity contribution in [2.24, 2.45) is 0 Å². The van der Waals surface area contributed by atoms with Gasteiger partial charge in [-0.3, -0.25) is 9.59 Å². The zero-order chi connectivity index (χ0) is 31.3. The van der Waals surface area contributed by atoms with Crippen molar-refractivity contribution in [3.63, 3.8) is 0 Å². The van der Waals surface area contributed by atoms with E-state index in [4.69, 9.17) is 9.47 Å². The molecule has 0 N–H and O–H groups in total. The van der Waals surface area contributed by atoms with Gasteiger partial charge in [0.05, 0.1) is 13.2 Å². The van der Waals surface area contributed by atoms with Crippen molar-refractivity contribution in [3.8, 4) is 0 Å². The Kier molecular flexibility index (Phi) is 36.2. The van der Waals surface area contributed by atoms with Crippen LogP contribution in [0.25, 0.3) is 0 Å². The molecule has 0 aromatic rings. The SMILES string of the molecule is CCCCCCCCCCCCCCCOC(=O)CCCCCCCC(=O)OCCCCCCCCCCCCCCC. The minimum atomic E-state index is -0.0457. The second kappa shape index (κ2) is 37.1. The zero-order valence-corrected chi connectivity index (χ0v) is 29.4. The van der Waals surface area contributed by atoms with Crippen molar-refractivity contribution >= 4 is 11.9 Å². The summed E-state index contributed by atoms with van der Waals surface area (Å²) >= 11 is 0. The normalized spacial score (nSPS) is 11.2. The molecule has 0 aromatic heterocycles. The standard InChI is InChI=1S/C39H76O4/c1-3-5-7-9-11-13-15-17-19-21-23-28-32-36-42-38(40)34-30-26-25-27-31-35-39(41)43-37-33-29-24-22-20-18-16-14-12-10-8-6-4-2/h3-37H2,1-2H3. The minimum Gasteiger partial charge on any atom is -0.466 e. The first-order valence-electron chi connectivity index (χ1n) is 19.5. The van der Waals surface area contributed by atoms with Gasteiger partial charge in [-0.2, -0.15) is 0 Å². The van der Waals surface area contributed by atoms with E-state index >= 15 is 0 Å². The van der Waals surface area contributed by atoms with Gasteiger partial charge in [-0.25, -0.2) is 0 Å². The molecule has 0 saturated heterocycles. The Morgan fingerprint density at radius 2 is 0.512 bits per heavy atom. The van der Waals surface area contributed by atoms with Crippen molar-refractivity contribution in [2.75, 3.05) is 13.2 Å². The van der Waals surface area contributed by atoms with E-state index in [0.29, 0.717) is 26.1 Å². The summed E-state index contributed by atoms with van der Waals surface area (Å²) in [5, 5.41) is 0. The van der Waals surface area contributed by atoms with Gasteiger partial charge in [0, 0.05) is 12.8 Å². The smallest absolute Gasteiger partial charge is 0.305 e. The summed E-state index contributed by atoms with van der Waals surface area (Å²) in [5.74, 6) is -0.0913. The van der Waals surface area contributed by atoms with E-state index in [0.717, 1.165) is 44.9 Å². The average Bonchev–Trinajstić information content (AvgIpc) is 3.01. The van der Waals surface area contributed by atoms with Gasteiger partial charge in [-0.05, 0) is 25.7 Å². The van der Waals surface area contributed by atoms with Crippen molar-refractivity contribution in [2.45, 2.75) is 226 Å². The Hall–Kier alpha value is -1.06. The third kappa shape index (κ3) is 37.0. The molecule has 0 radical (unpaired) electrons. The van der Waals surface area contributed by atoms with Crippen LogP contribution >= 0.6 is 0 Å². The maximum atomic E-state index is 11.9. The fourth-order valence-corrected chi connectivity index (χ4v) is 5.83. The number of hydrogen-bond acceptors (Lipinski definition) is 4. The van der Waals surface area contributed by atoms with Crippen LogP contribution in [0.15, 0.2) is 0 Å². The topological polar surface area (TPSA) is 52.6 Å². The number of rotatable bonds is 36. The Morgan fingerprint density at radius 1 is 0.302 bits per heavy atom.